The van der Waals surface area contributed by atoms with Gasteiger partial charge in [-0.3, -0.25) is 4.79 Å². The van der Waals surface area contributed by atoms with Gasteiger partial charge in [-0.2, -0.15) is 0 Å². The van der Waals surface area contributed by atoms with Gasteiger partial charge in [0.15, 0.2) is 0 Å². The number of carbonyl (C=O) groups is 1. The maximum Gasteiger partial charge on any atom is 0.233 e. The third-order valence-electron chi connectivity index (χ3n) is 3.50. The molecule has 18 heavy (non-hydrogen) atoms. The van der Waals surface area contributed by atoms with E-state index in [4.69, 9.17) is 0 Å². The average molecular weight is 375 g/mol. The van der Waals surface area contributed by atoms with Gasteiger partial charge in [0.05, 0.1) is 5.33 Å². The van der Waals surface area contributed by atoms with E-state index in [0.717, 1.165) is 4.47 Å². The monoisotopic (exact) mass is 373 g/mol. The summed E-state index contributed by atoms with van der Waals surface area (Å²) in [5.41, 5.74) is 1.18. The van der Waals surface area contributed by atoms with Gasteiger partial charge in [0.2, 0.25) is 5.91 Å². The molecule has 0 bridgehead atoms. The topological polar surface area (TPSA) is 20.3 Å². The molecule has 0 saturated heterocycles. The first-order valence-electron chi connectivity index (χ1n) is 6.21. The summed E-state index contributed by atoms with van der Waals surface area (Å²) in [7, 11) is 0. The summed E-state index contributed by atoms with van der Waals surface area (Å²) >= 11 is 6.71. The number of nitrogens with zero attached hydrogens (tertiary/aromatic N) is 1. The fourth-order valence-corrected chi connectivity index (χ4v) is 2.74. The smallest absolute Gasteiger partial charge is 0.233 e. The van der Waals surface area contributed by atoms with Crippen LogP contribution in [0.3, 0.4) is 0 Å². The van der Waals surface area contributed by atoms with Crippen molar-refractivity contribution in [3.8, 4) is 0 Å². The molecule has 0 N–H and O–H groups in total. The Morgan fingerprint density at radius 1 is 1.39 bits per heavy atom. The number of rotatable bonds is 5. The molecule has 1 aromatic rings. The minimum Gasteiger partial charge on any atom is -0.335 e. The molecule has 0 heterocycles. The molecule has 1 aromatic carbocycles. The third-order valence-corrected chi connectivity index (χ3v) is 4.51. The number of carbonyl (C=O) groups excluding carboxylic acids is 1. The maximum atomic E-state index is 12.0. The number of halogens is 2. The van der Waals surface area contributed by atoms with Crippen LogP contribution in [0.5, 0.6) is 0 Å². The highest BCUT2D eigenvalue weighted by molar-refractivity contribution is 9.10. The van der Waals surface area contributed by atoms with E-state index in [9.17, 15) is 4.79 Å². The van der Waals surface area contributed by atoms with Crippen LogP contribution in [0.4, 0.5) is 0 Å². The summed E-state index contributed by atoms with van der Waals surface area (Å²) in [6.07, 6.45) is 2.52. The Kier molecular flexibility index (Phi) is 4.84. The van der Waals surface area contributed by atoms with Crippen LogP contribution in [0.15, 0.2) is 28.7 Å². The van der Waals surface area contributed by atoms with Crippen molar-refractivity contribution in [1.82, 2.24) is 4.90 Å². The molecule has 1 amide bonds. The van der Waals surface area contributed by atoms with Gasteiger partial charge in [0.25, 0.3) is 0 Å². The SMILES string of the molecule is C[C@@H](C1CC1)N(Cc1ccc(Br)cc1)C(=O)CBr. The second kappa shape index (κ2) is 6.20. The van der Waals surface area contributed by atoms with E-state index in [1.807, 2.05) is 17.0 Å². The molecular weight excluding hydrogens is 358 g/mol. The Morgan fingerprint density at radius 3 is 2.50 bits per heavy atom. The van der Waals surface area contributed by atoms with Gasteiger partial charge in [-0.1, -0.05) is 44.0 Å². The minimum absolute atomic E-state index is 0.178. The van der Waals surface area contributed by atoms with Crippen molar-refractivity contribution >= 4 is 37.8 Å². The second-order valence-electron chi connectivity index (χ2n) is 4.86. The zero-order valence-electron chi connectivity index (χ0n) is 10.4. The van der Waals surface area contributed by atoms with Crippen molar-refractivity contribution in [2.24, 2.45) is 5.92 Å². The van der Waals surface area contributed by atoms with Crippen molar-refractivity contribution in [2.75, 3.05) is 5.33 Å². The van der Waals surface area contributed by atoms with E-state index in [-0.39, 0.29) is 5.91 Å². The second-order valence-corrected chi connectivity index (χ2v) is 6.34. The molecule has 0 aliphatic heterocycles. The quantitative estimate of drug-likeness (QED) is 0.714. The zero-order valence-corrected chi connectivity index (χ0v) is 13.6. The predicted molar refractivity (Wildman–Crippen MR) is 80.7 cm³/mol. The molecule has 1 aliphatic carbocycles. The lowest BCUT2D eigenvalue weighted by atomic mass is 10.1. The number of alkyl halides is 1. The molecule has 1 fully saturated rings. The molecule has 2 nitrogen and oxygen atoms in total. The Labute approximate surface area is 125 Å². The summed E-state index contributed by atoms with van der Waals surface area (Å²) in [6.45, 7) is 2.87. The van der Waals surface area contributed by atoms with E-state index >= 15 is 0 Å². The minimum atomic E-state index is 0.178. The summed E-state index contributed by atoms with van der Waals surface area (Å²) < 4.78 is 1.07. The van der Waals surface area contributed by atoms with E-state index in [2.05, 4.69) is 50.9 Å². The molecule has 0 aromatic heterocycles. The summed E-state index contributed by atoms with van der Waals surface area (Å²) in [5, 5.41) is 0.403. The van der Waals surface area contributed by atoms with Crippen molar-refractivity contribution in [2.45, 2.75) is 32.4 Å². The summed E-state index contributed by atoms with van der Waals surface area (Å²) in [5.74, 6) is 0.876. The first kappa shape index (κ1) is 14.1. The lowest BCUT2D eigenvalue weighted by molar-refractivity contribution is -0.131. The van der Waals surface area contributed by atoms with E-state index in [1.165, 1.54) is 18.4 Å². The van der Waals surface area contributed by atoms with Gasteiger partial charge in [0.1, 0.15) is 0 Å². The zero-order chi connectivity index (χ0) is 13.1. The first-order chi connectivity index (χ1) is 8.61. The highest BCUT2D eigenvalue weighted by Gasteiger charge is 2.33. The van der Waals surface area contributed by atoms with Crippen molar-refractivity contribution in [3.05, 3.63) is 34.3 Å². The highest BCUT2D eigenvalue weighted by Crippen LogP contribution is 2.35. The van der Waals surface area contributed by atoms with Crippen LogP contribution in [0.2, 0.25) is 0 Å². The van der Waals surface area contributed by atoms with E-state index in [0.29, 0.717) is 23.8 Å². The standard InChI is InChI=1S/C14H17Br2NO/c1-10(12-4-5-12)17(14(18)8-15)9-11-2-6-13(16)7-3-11/h2-3,6-7,10,12H,4-5,8-9H2,1H3/t10-/m0/s1. The van der Waals surface area contributed by atoms with E-state index < -0.39 is 0 Å². The molecule has 1 aliphatic rings. The third kappa shape index (κ3) is 3.58. The average Bonchev–Trinajstić information content (AvgIpc) is 3.20. The van der Waals surface area contributed by atoms with Crippen molar-refractivity contribution in [3.63, 3.8) is 0 Å². The fraction of sp³-hybridized carbons (Fsp3) is 0.500. The molecule has 0 radical (unpaired) electrons. The van der Waals surface area contributed by atoms with Crippen LogP contribution in [0.25, 0.3) is 0 Å². The van der Waals surface area contributed by atoms with Crippen LogP contribution >= 0.6 is 31.9 Å². The Balaban J connectivity index is 2.08. The van der Waals surface area contributed by atoms with Crippen molar-refractivity contribution < 1.29 is 4.79 Å². The fourth-order valence-electron chi connectivity index (χ4n) is 2.16. The van der Waals surface area contributed by atoms with Crippen LogP contribution in [-0.4, -0.2) is 22.2 Å². The Bertz CT molecular complexity index is 414. The van der Waals surface area contributed by atoms with E-state index in [1.54, 1.807) is 0 Å². The normalized spacial score (nSPS) is 16.4. The van der Waals surface area contributed by atoms with Gasteiger partial charge in [-0.25, -0.2) is 0 Å². The lowest BCUT2D eigenvalue weighted by Gasteiger charge is -2.29. The van der Waals surface area contributed by atoms with Crippen molar-refractivity contribution in [1.29, 1.82) is 0 Å². The van der Waals surface area contributed by atoms with Gasteiger partial charge >= 0.3 is 0 Å². The number of amides is 1. The molecule has 0 unspecified atom stereocenters. The molecule has 2 rings (SSSR count). The van der Waals surface area contributed by atoms with Gasteiger partial charge in [-0.15, -0.1) is 0 Å². The maximum absolute atomic E-state index is 12.0. The summed E-state index contributed by atoms with van der Waals surface area (Å²) in [6, 6.07) is 8.52. The molecule has 98 valence electrons. The van der Waals surface area contributed by atoms with Gasteiger partial charge in [-0.05, 0) is 43.4 Å². The number of benzene rings is 1. The highest BCUT2D eigenvalue weighted by atomic mass is 79.9. The Morgan fingerprint density at radius 2 is 2.00 bits per heavy atom. The van der Waals surface area contributed by atoms with Gasteiger partial charge < -0.3 is 4.90 Å². The van der Waals surface area contributed by atoms with Crippen LogP contribution in [0.1, 0.15) is 25.3 Å². The lowest BCUT2D eigenvalue weighted by Crippen LogP contribution is -2.40. The summed E-state index contributed by atoms with van der Waals surface area (Å²) in [4.78, 5) is 14.0. The molecule has 1 saturated carbocycles. The first-order valence-corrected chi connectivity index (χ1v) is 8.13. The molecular formula is C14H17Br2NO. The van der Waals surface area contributed by atoms with Crippen LogP contribution in [0, 0.1) is 5.92 Å². The number of hydrogen-bond donors (Lipinski definition) is 0. The Hall–Kier alpha value is -0.350. The molecule has 0 spiro atoms. The van der Waals surface area contributed by atoms with Crippen LogP contribution < -0.4 is 0 Å². The largest absolute Gasteiger partial charge is 0.335 e. The molecule has 4 heteroatoms. The molecule has 1 atom stereocenters. The van der Waals surface area contributed by atoms with Gasteiger partial charge in [0, 0.05) is 17.1 Å². The van der Waals surface area contributed by atoms with Crippen LogP contribution in [-0.2, 0) is 11.3 Å². The number of hydrogen-bond acceptors (Lipinski definition) is 1. The predicted octanol–water partition coefficient (Wildman–Crippen LogP) is 3.97.